The molecule has 0 bridgehead atoms. The third-order valence-corrected chi connectivity index (χ3v) is 3.22. The topological polar surface area (TPSA) is 124 Å². The molecule has 0 aliphatic rings. The summed E-state index contributed by atoms with van der Waals surface area (Å²) in [5, 5.41) is 30.1. The Kier molecular flexibility index (Phi) is 5.89. The van der Waals surface area contributed by atoms with E-state index in [9.17, 15) is 24.6 Å². The number of aliphatic carboxylic acids is 1. The molecule has 0 saturated heterocycles. The number of hydrogen-bond acceptors (Lipinski definition) is 5. The van der Waals surface area contributed by atoms with E-state index >= 15 is 0 Å². The van der Waals surface area contributed by atoms with Gasteiger partial charge in [-0.25, -0.2) is 4.79 Å². The van der Waals surface area contributed by atoms with Gasteiger partial charge in [-0.3, -0.25) is 9.59 Å². The third kappa shape index (κ3) is 5.34. The number of phenols is 1. The number of carbonyl (C=O) groups excluding carboxylic acids is 2. The Morgan fingerprint density at radius 2 is 1.65 bits per heavy atom. The van der Waals surface area contributed by atoms with Crippen LogP contribution in [0.2, 0.25) is 0 Å². The second kappa shape index (κ2) is 8.29. The molecule has 0 heterocycles. The molecule has 0 aliphatic heterocycles. The van der Waals surface area contributed by atoms with Crippen LogP contribution < -0.4 is 5.32 Å². The lowest BCUT2D eigenvalue weighted by atomic mass is 10.1. The summed E-state index contributed by atoms with van der Waals surface area (Å²) in [6.45, 7) is 0. The summed E-state index contributed by atoms with van der Waals surface area (Å²) in [5.74, 6) is -3.76. The highest BCUT2D eigenvalue weighted by molar-refractivity contribution is 6.38. The standard InChI is InChI=1S/C19H15NO6/c21-15-7-4-12(5-8-15)6-9-18(24)20-14-3-1-2-13(10-14)16(22)11-17(23)19(25)26/h1-11,21-22H,(H,20,24)(H,25,26)/b9-6+,16-11-. The second-order valence-corrected chi connectivity index (χ2v) is 5.19. The number of anilines is 1. The SMILES string of the molecule is O=C(/C=C/c1ccc(O)cc1)Nc1cccc(/C(O)=C/C(=O)C(=O)O)c1. The Labute approximate surface area is 148 Å². The molecule has 7 heteroatoms. The fourth-order valence-electron chi connectivity index (χ4n) is 1.97. The van der Waals surface area contributed by atoms with E-state index in [4.69, 9.17) is 5.11 Å². The smallest absolute Gasteiger partial charge is 0.376 e. The highest BCUT2D eigenvalue weighted by Crippen LogP contribution is 2.17. The van der Waals surface area contributed by atoms with Crippen LogP contribution >= 0.6 is 0 Å². The number of carboxylic acids is 1. The van der Waals surface area contributed by atoms with Crippen LogP contribution in [0.5, 0.6) is 5.75 Å². The van der Waals surface area contributed by atoms with E-state index in [1.54, 1.807) is 24.3 Å². The monoisotopic (exact) mass is 353 g/mol. The molecule has 0 radical (unpaired) electrons. The summed E-state index contributed by atoms with van der Waals surface area (Å²) in [4.78, 5) is 33.5. The van der Waals surface area contributed by atoms with Gasteiger partial charge in [-0.05, 0) is 35.9 Å². The molecule has 7 nitrogen and oxygen atoms in total. The fourth-order valence-corrected chi connectivity index (χ4v) is 1.97. The first-order chi connectivity index (χ1) is 12.3. The normalized spacial score (nSPS) is 11.3. The molecule has 0 aliphatic carbocycles. The van der Waals surface area contributed by atoms with Crippen LogP contribution in [-0.2, 0) is 14.4 Å². The molecule has 2 aromatic rings. The van der Waals surface area contributed by atoms with Crippen LogP contribution in [-0.4, -0.2) is 33.0 Å². The van der Waals surface area contributed by atoms with Crippen LogP contribution in [0.25, 0.3) is 11.8 Å². The molecule has 26 heavy (non-hydrogen) atoms. The van der Waals surface area contributed by atoms with Crippen molar-refractivity contribution in [2.24, 2.45) is 0 Å². The molecule has 0 atom stereocenters. The number of hydrogen-bond donors (Lipinski definition) is 4. The number of rotatable bonds is 6. The quantitative estimate of drug-likeness (QED) is 0.359. The van der Waals surface area contributed by atoms with Crippen molar-refractivity contribution in [2.45, 2.75) is 0 Å². The van der Waals surface area contributed by atoms with Crippen molar-refractivity contribution in [2.75, 3.05) is 5.32 Å². The molecule has 4 N–H and O–H groups in total. The first-order valence-electron chi connectivity index (χ1n) is 7.41. The average Bonchev–Trinajstić information content (AvgIpc) is 2.61. The highest BCUT2D eigenvalue weighted by Gasteiger charge is 2.11. The molecule has 0 spiro atoms. The van der Waals surface area contributed by atoms with E-state index in [-0.39, 0.29) is 11.3 Å². The van der Waals surface area contributed by atoms with Gasteiger partial charge in [0.2, 0.25) is 5.91 Å². The zero-order chi connectivity index (χ0) is 19.1. The Morgan fingerprint density at radius 1 is 0.962 bits per heavy atom. The number of nitrogens with one attached hydrogen (secondary N) is 1. The lowest BCUT2D eigenvalue weighted by molar-refractivity contribution is -0.146. The molecule has 0 saturated carbocycles. The molecular formula is C19H15NO6. The Balaban J connectivity index is 2.08. The van der Waals surface area contributed by atoms with Crippen molar-refractivity contribution >= 4 is 35.2 Å². The van der Waals surface area contributed by atoms with Gasteiger partial charge in [0.05, 0.1) is 0 Å². The fraction of sp³-hybridized carbons (Fsp3) is 0. The average molecular weight is 353 g/mol. The number of amides is 1. The van der Waals surface area contributed by atoms with Crippen molar-refractivity contribution in [1.82, 2.24) is 0 Å². The zero-order valence-corrected chi connectivity index (χ0v) is 13.4. The van der Waals surface area contributed by atoms with Gasteiger partial charge in [0, 0.05) is 23.4 Å². The Bertz CT molecular complexity index is 897. The first-order valence-corrected chi connectivity index (χ1v) is 7.41. The van der Waals surface area contributed by atoms with Crippen LogP contribution in [0.4, 0.5) is 5.69 Å². The minimum Gasteiger partial charge on any atom is -0.508 e. The minimum atomic E-state index is -1.68. The number of benzene rings is 2. The summed E-state index contributed by atoms with van der Waals surface area (Å²) in [6, 6.07) is 12.2. The van der Waals surface area contributed by atoms with E-state index in [1.165, 1.54) is 36.4 Å². The van der Waals surface area contributed by atoms with Crippen LogP contribution in [0, 0.1) is 0 Å². The number of aliphatic hydroxyl groups is 1. The highest BCUT2D eigenvalue weighted by atomic mass is 16.4. The molecular weight excluding hydrogens is 338 g/mol. The minimum absolute atomic E-state index is 0.123. The van der Waals surface area contributed by atoms with Gasteiger partial charge < -0.3 is 20.6 Å². The Hall–Kier alpha value is -3.87. The van der Waals surface area contributed by atoms with Crippen molar-refractivity contribution in [3.63, 3.8) is 0 Å². The van der Waals surface area contributed by atoms with E-state index in [2.05, 4.69) is 5.32 Å². The number of carboxylic acid groups (broad SMARTS) is 1. The second-order valence-electron chi connectivity index (χ2n) is 5.19. The number of phenolic OH excluding ortho intramolecular Hbond substituents is 1. The molecule has 2 aromatic carbocycles. The summed E-state index contributed by atoms with van der Waals surface area (Å²) in [5.41, 5.74) is 1.25. The van der Waals surface area contributed by atoms with E-state index < -0.39 is 23.4 Å². The molecule has 0 fully saturated rings. The number of aliphatic hydroxyl groups excluding tert-OH is 1. The largest absolute Gasteiger partial charge is 0.508 e. The van der Waals surface area contributed by atoms with Gasteiger partial charge in [-0.15, -0.1) is 0 Å². The molecule has 132 valence electrons. The lowest BCUT2D eigenvalue weighted by Gasteiger charge is -2.05. The van der Waals surface area contributed by atoms with Gasteiger partial charge >= 0.3 is 5.97 Å². The predicted octanol–water partition coefficient (Wildman–Crippen LogP) is 2.60. The van der Waals surface area contributed by atoms with Crippen molar-refractivity contribution < 1.29 is 29.7 Å². The maximum absolute atomic E-state index is 11.9. The van der Waals surface area contributed by atoms with Gasteiger partial charge in [0.25, 0.3) is 5.78 Å². The van der Waals surface area contributed by atoms with Crippen LogP contribution in [0.1, 0.15) is 11.1 Å². The van der Waals surface area contributed by atoms with Gasteiger partial charge in [0.1, 0.15) is 11.5 Å². The summed E-state index contributed by atoms with van der Waals surface area (Å²) in [6.07, 6.45) is 3.44. The van der Waals surface area contributed by atoms with E-state index in [0.29, 0.717) is 11.8 Å². The van der Waals surface area contributed by atoms with Crippen LogP contribution in [0.3, 0.4) is 0 Å². The maximum atomic E-state index is 11.9. The summed E-state index contributed by atoms with van der Waals surface area (Å²) < 4.78 is 0. The Morgan fingerprint density at radius 3 is 2.31 bits per heavy atom. The molecule has 0 unspecified atom stereocenters. The third-order valence-electron chi connectivity index (χ3n) is 3.22. The molecule has 2 rings (SSSR count). The predicted molar refractivity (Wildman–Crippen MR) is 95.5 cm³/mol. The van der Waals surface area contributed by atoms with Crippen molar-refractivity contribution in [3.05, 3.63) is 71.8 Å². The van der Waals surface area contributed by atoms with E-state index in [0.717, 1.165) is 5.56 Å². The molecule has 1 amide bonds. The van der Waals surface area contributed by atoms with Crippen molar-refractivity contribution in [1.29, 1.82) is 0 Å². The number of ketones is 1. The summed E-state index contributed by atoms with van der Waals surface area (Å²) >= 11 is 0. The van der Waals surface area contributed by atoms with E-state index in [1.807, 2.05) is 0 Å². The maximum Gasteiger partial charge on any atom is 0.376 e. The van der Waals surface area contributed by atoms with Gasteiger partial charge in [-0.2, -0.15) is 0 Å². The number of carbonyl (C=O) groups is 3. The van der Waals surface area contributed by atoms with Gasteiger partial charge in [0.15, 0.2) is 0 Å². The molecule has 0 aromatic heterocycles. The van der Waals surface area contributed by atoms with Crippen LogP contribution in [0.15, 0.2) is 60.7 Å². The summed E-state index contributed by atoms with van der Waals surface area (Å²) in [7, 11) is 0. The number of aromatic hydroxyl groups is 1. The zero-order valence-electron chi connectivity index (χ0n) is 13.4. The van der Waals surface area contributed by atoms with Gasteiger partial charge in [-0.1, -0.05) is 24.3 Å². The lowest BCUT2D eigenvalue weighted by Crippen LogP contribution is -2.10. The first kappa shape index (κ1) is 18.5. The van der Waals surface area contributed by atoms with Crippen molar-refractivity contribution in [3.8, 4) is 5.75 Å².